The maximum Gasteiger partial charge on any atom is 0.244 e. The van der Waals surface area contributed by atoms with Gasteiger partial charge in [-0.25, -0.2) is 8.42 Å². The van der Waals surface area contributed by atoms with E-state index in [2.05, 4.69) is 37.2 Å². The molecule has 2 aliphatic heterocycles. The normalized spacial score (nSPS) is 30.6. The Balaban J connectivity index is 2.03. The SMILES string of the molecule is CC1CC2CNCC2N1S(=O)(=O)c1ccc(Br)cc1Br. The molecule has 1 N–H and O–H groups in total. The second-order valence-corrected chi connectivity index (χ2v) is 9.06. The van der Waals surface area contributed by atoms with Crippen LogP contribution in [0.5, 0.6) is 0 Å². The fourth-order valence-corrected chi connectivity index (χ4v) is 6.94. The molecule has 7 heteroatoms. The van der Waals surface area contributed by atoms with Gasteiger partial charge in [-0.1, -0.05) is 15.9 Å². The average Bonchev–Trinajstić information content (AvgIpc) is 2.87. The first-order valence-corrected chi connectivity index (χ1v) is 9.63. The first kappa shape index (κ1) is 15.0. The van der Waals surface area contributed by atoms with Crippen molar-refractivity contribution in [2.75, 3.05) is 13.1 Å². The lowest BCUT2D eigenvalue weighted by atomic mass is 10.0. The lowest BCUT2D eigenvalue weighted by Gasteiger charge is -2.27. The van der Waals surface area contributed by atoms with Gasteiger partial charge < -0.3 is 5.32 Å². The predicted octanol–water partition coefficient (Wildman–Crippen LogP) is 2.58. The molecular formula is C13H16Br2N2O2S. The zero-order valence-electron chi connectivity index (χ0n) is 11.0. The molecule has 3 rings (SSSR count). The van der Waals surface area contributed by atoms with Crippen molar-refractivity contribution < 1.29 is 8.42 Å². The van der Waals surface area contributed by atoms with E-state index in [-0.39, 0.29) is 12.1 Å². The molecule has 4 nitrogen and oxygen atoms in total. The number of rotatable bonds is 2. The minimum Gasteiger partial charge on any atom is -0.315 e. The largest absolute Gasteiger partial charge is 0.315 e. The van der Waals surface area contributed by atoms with Gasteiger partial charge in [-0.15, -0.1) is 0 Å². The van der Waals surface area contributed by atoms with Crippen LogP contribution in [-0.2, 0) is 10.0 Å². The van der Waals surface area contributed by atoms with Crippen LogP contribution in [0.25, 0.3) is 0 Å². The summed E-state index contributed by atoms with van der Waals surface area (Å²) >= 11 is 6.73. The Morgan fingerprint density at radius 3 is 2.75 bits per heavy atom. The highest BCUT2D eigenvalue weighted by atomic mass is 79.9. The number of sulfonamides is 1. The van der Waals surface area contributed by atoms with Crippen LogP contribution in [0.15, 0.2) is 32.0 Å². The van der Waals surface area contributed by atoms with Gasteiger partial charge in [0.15, 0.2) is 0 Å². The van der Waals surface area contributed by atoms with Gasteiger partial charge in [0.1, 0.15) is 0 Å². The fraction of sp³-hybridized carbons (Fsp3) is 0.538. The fourth-order valence-electron chi connectivity index (χ4n) is 3.34. The molecule has 0 amide bonds. The molecule has 0 radical (unpaired) electrons. The van der Waals surface area contributed by atoms with Gasteiger partial charge in [0.05, 0.1) is 4.90 Å². The van der Waals surface area contributed by atoms with Gasteiger partial charge in [-0.2, -0.15) is 4.31 Å². The second kappa shape index (κ2) is 5.35. The third kappa shape index (κ3) is 2.37. The number of hydrogen-bond acceptors (Lipinski definition) is 3. The minimum atomic E-state index is -3.46. The van der Waals surface area contributed by atoms with Gasteiger partial charge in [0.2, 0.25) is 10.0 Å². The molecule has 2 fully saturated rings. The zero-order chi connectivity index (χ0) is 14.5. The number of fused-ring (bicyclic) bond motifs is 1. The Labute approximate surface area is 136 Å². The standard InChI is InChI=1S/C13H16Br2N2O2S/c1-8-4-9-6-16-7-12(9)17(8)20(18,19)13-3-2-10(14)5-11(13)15/h2-3,5,8-9,12,16H,4,6-7H2,1H3. The van der Waals surface area contributed by atoms with E-state index in [4.69, 9.17) is 0 Å². The summed E-state index contributed by atoms with van der Waals surface area (Å²) in [6.07, 6.45) is 0.936. The van der Waals surface area contributed by atoms with Gasteiger partial charge in [-0.3, -0.25) is 0 Å². The van der Waals surface area contributed by atoms with Gasteiger partial charge in [0, 0.05) is 27.6 Å². The van der Waals surface area contributed by atoms with Crippen molar-refractivity contribution in [3.63, 3.8) is 0 Å². The Hall–Kier alpha value is 0.0500. The van der Waals surface area contributed by atoms with Crippen molar-refractivity contribution in [2.24, 2.45) is 5.92 Å². The summed E-state index contributed by atoms with van der Waals surface area (Å²) in [4.78, 5) is 0.347. The Morgan fingerprint density at radius 1 is 1.30 bits per heavy atom. The molecule has 20 heavy (non-hydrogen) atoms. The molecule has 3 atom stereocenters. The van der Waals surface area contributed by atoms with Crippen molar-refractivity contribution in [1.29, 1.82) is 0 Å². The highest BCUT2D eigenvalue weighted by Crippen LogP contribution is 2.38. The van der Waals surface area contributed by atoms with Crippen LogP contribution in [0, 0.1) is 5.92 Å². The van der Waals surface area contributed by atoms with Crippen LogP contribution >= 0.6 is 31.9 Å². The van der Waals surface area contributed by atoms with Gasteiger partial charge >= 0.3 is 0 Å². The molecule has 0 aromatic heterocycles. The van der Waals surface area contributed by atoms with Crippen molar-refractivity contribution in [2.45, 2.75) is 30.3 Å². The monoisotopic (exact) mass is 422 g/mol. The Morgan fingerprint density at radius 2 is 2.05 bits per heavy atom. The molecule has 1 aromatic carbocycles. The van der Waals surface area contributed by atoms with Crippen LogP contribution in [-0.4, -0.2) is 37.9 Å². The van der Waals surface area contributed by atoms with Crippen LogP contribution in [0.1, 0.15) is 13.3 Å². The zero-order valence-corrected chi connectivity index (χ0v) is 15.0. The van der Waals surface area contributed by atoms with Crippen LogP contribution in [0.3, 0.4) is 0 Å². The number of hydrogen-bond donors (Lipinski definition) is 1. The average molecular weight is 424 g/mol. The molecule has 2 aliphatic rings. The van der Waals surface area contributed by atoms with Crippen LogP contribution < -0.4 is 5.32 Å². The highest BCUT2D eigenvalue weighted by Gasteiger charge is 2.48. The number of nitrogens with one attached hydrogen (secondary N) is 1. The topological polar surface area (TPSA) is 49.4 Å². The van der Waals surface area contributed by atoms with Crippen molar-refractivity contribution >= 4 is 41.9 Å². The highest BCUT2D eigenvalue weighted by molar-refractivity contribution is 9.11. The molecule has 1 aromatic rings. The van der Waals surface area contributed by atoms with E-state index in [9.17, 15) is 8.42 Å². The van der Waals surface area contributed by atoms with E-state index in [1.165, 1.54) is 0 Å². The van der Waals surface area contributed by atoms with E-state index in [0.29, 0.717) is 15.3 Å². The first-order valence-electron chi connectivity index (χ1n) is 6.60. The number of halogens is 2. The van der Waals surface area contributed by atoms with Crippen LogP contribution in [0.4, 0.5) is 0 Å². The third-order valence-electron chi connectivity index (χ3n) is 4.16. The smallest absolute Gasteiger partial charge is 0.244 e. The molecule has 3 unspecified atom stereocenters. The third-order valence-corrected chi connectivity index (χ3v) is 7.67. The first-order chi connectivity index (χ1) is 9.41. The van der Waals surface area contributed by atoms with E-state index in [1.807, 2.05) is 6.92 Å². The summed E-state index contributed by atoms with van der Waals surface area (Å²) < 4.78 is 29.1. The molecule has 0 aliphatic carbocycles. The van der Waals surface area contributed by atoms with E-state index in [0.717, 1.165) is 24.0 Å². The quantitative estimate of drug-likeness (QED) is 0.795. The molecule has 2 heterocycles. The number of benzene rings is 1. The van der Waals surface area contributed by atoms with Crippen molar-refractivity contribution in [1.82, 2.24) is 9.62 Å². The Bertz CT molecular complexity index is 635. The summed E-state index contributed by atoms with van der Waals surface area (Å²) in [5.74, 6) is 0.439. The maximum atomic E-state index is 13.0. The molecule has 0 saturated carbocycles. The van der Waals surface area contributed by atoms with Crippen LogP contribution in [0.2, 0.25) is 0 Å². The number of nitrogens with zero attached hydrogens (tertiary/aromatic N) is 1. The molecule has 2 saturated heterocycles. The maximum absolute atomic E-state index is 13.0. The Kier molecular flexibility index (Phi) is 4.01. The van der Waals surface area contributed by atoms with Crippen molar-refractivity contribution in [3.05, 3.63) is 27.1 Å². The summed E-state index contributed by atoms with van der Waals surface area (Å²) in [5.41, 5.74) is 0. The molecular weight excluding hydrogens is 408 g/mol. The van der Waals surface area contributed by atoms with E-state index >= 15 is 0 Å². The van der Waals surface area contributed by atoms with E-state index < -0.39 is 10.0 Å². The summed E-state index contributed by atoms with van der Waals surface area (Å²) in [7, 11) is -3.46. The van der Waals surface area contributed by atoms with Gasteiger partial charge in [-0.05, 0) is 59.9 Å². The lowest BCUT2D eigenvalue weighted by Crippen LogP contribution is -2.42. The summed E-state index contributed by atoms with van der Waals surface area (Å²) in [5, 5.41) is 3.30. The molecule has 110 valence electrons. The lowest BCUT2D eigenvalue weighted by molar-refractivity contribution is 0.335. The minimum absolute atomic E-state index is 0.0626. The summed E-state index contributed by atoms with van der Waals surface area (Å²) in [6, 6.07) is 5.35. The van der Waals surface area contributed by atoms with Gasteiger partial charge in [0.25, 0.3) is 0 Å². The van der Waals surface area contributed by atoms with E-state index in [1.54, 1.807) is 22.5 Å². The summed E-state index contributed by atoms with van der Waals surface area (Å²) in [6.45, 7) is 3.67. The predicted molar refractivity (Wildman–Crippen MR) is 85.1 cm³/mol. The van der Waals surface area contributed by atoms with Crippen molar-refractivity contribution in [3.8, 4) is 0 Å². The second-order valence-electron chi connectivity index (χ2n) is 5.48. The molecule has 0 bridgehead atoms. The molecule has 0 spiro atoms.